The third-order valence-corrected chi connectivity index (χ3v) is 4.90. The molecule has 0 heterocycles. The second-order valence-electron chi connectivity index (χ2n) is 8.05. The highest BCUT2D eigenvalue weighted by Crippen LogP contribution is 2.07. The fourth-order valence-corrected chi connectivity index (χ4v) is 2.95. The molecule has 11 N–H and O–H groups in total. The van der Waals surface area contributed by atoms with E-state index in [0.29, 0.717) is 6.42 Å². The molecule has 0 fully saturated rings. The molecule has 0 aromatic carbocycles. The number of hydrogen-bond donors (Lipinski definition) is 9. The zero-order valence-corrected chi connectivity index (χ0v) is 20.0. The molecule has 0 bridgehead atoms. The SMILES string of the molecule is CC(C)CC(NC(=O)C(CCCN=C(N)N)NC(=O)C(CS)NC(=O)C(N)C(C)O)C(=O)O. The molecule has 5 atom stereocenters. The Morgan fingerprint density at radius 1 is 0.939 bits per heavy atom. The molecule has 3 amide bonds. The van der Waals surface area contributed by atoms with Crippen LogP contribution in [0.25, 0.3) is 0 Å². The first kappa shape index (κ1) is 30.4. The zero-order valence-electron chi connectivity index (χ0n) is 19.2. The van der Waals surface area contributed by atoms with Crippen LogP contribution in [0.5, 0.6) is 0 Å². The maximum atomic E-state index is 12.8. The molecule has 0 aliphatic heterocycles. The number of aliphatic imine (C=N–C) groups is 1. The largest absolute Gasteiger partial charge is 0.480 e. The van der Waals surface area contributed by atoms with Crippen molar-refractivity contribution in [1.29, 1.82) is 0 Å². The maximum Gasteiger partial charge on any atom is 0.326 e. The van der Waals surface area contributed by atoms with Gasteiger partial charge in [0.05, 0.1) is 6.10 Å². The van der Waals surface area contributed by atoms with Crippen LogP contribution in [0.2, 0.25) is 0 Å². The molecular weight excluding hydrogens is 454 g/mol. The van der Waals surface area contributed by atoms with Crippen LogP contribution < -0.4 is 33.2 Å². The van der Waals surface area contributed by atoms with E-state index in [9.17, 15) is 29.4 Å². The summed E-state index contributed by atoms with van der Waals surface area (Å²) in [5, 5.41) is 26.2. The number of guanidine groups is 1. The van der Waals surface area contributed by atoms with Crippen molar-refractivity contribution < 1.29 is 29.4 Å². The number of amides is 3. The van der Waals surface area contributed by atoms with E-state index >= 15 is 0 Å². The first-order valence-electron chi connectivity index (χ1n) is 10.5. The van der Waals surface area contributed by atoms with Crippen molar-refractivity contribution >= 4 is 42.3 Å². The van der Waals surface area contributed by atoms with Crippen LogP contribution >= 0.6 is 12.6 Å². The molecule has 0 aromatic heterocycles. The Morgan fingerprint density at radius 2 is 1.45 bits per heavy atom. The first-order chi connectivity index (χ1) is 15.3. The molecule has 14 heteroatoms. The van der Waals surface area contributed by atoms with Gasteiger partial charge in [0, 0.05) is 12.3 Å². The van der Waals surface area contributed by atoms with Gasteiger partial charge in [-0.1, -0.05) is 13.8 Å². The van der Waals surface area contributed by atoms with Gasteiger partial charge in [-0.15, -0.1) is 0 Å². The highest BCUT2D eigenvalue weighted by atomic mass is 32.1. The summed E-state index contributed by atoms with van der Waals surface area (Å²) in [5.41, 5.74) is 16.1. The lowest BCUT2D eigenvalue weighted by atomic mass is 10.0. The topological polar surface area (TPSA) is 235 Å². The highest BCUT2D eigenvalue weighted by Gasteiger charge is 2.30. The Kier molecular flexibility index (Phi) is 14.1. The van der Waals surface area contributed by atoms with Gasteiger partial charge in [-0.2, -0.15) is 12.6 Å². The molecule has 0 rings (SSSR count). The summed E-state index contributed by atoms with van der Waals surface area (Å²) in [6.45, 7) is 5.14. The summed E-state index contributed by atoms with van der Waals surface area (Å²) < 4.78 is 0. The van der Waals surface area contributed by atoms with Crippen molar-refractivity contribution in [2.24, 2.45) is 28.1 Å². The summed E-state index contributed by atoms with van der Waals surface area (Å²) in [6.07, 6.45) is -0.537. The van der Waals surface area contributed by atoms with E-state index in [1.807, 2.05) is 13.8 Å². The van der Waals surface area contributed by atoms with Gasteiger partial charge in [0.25, 0.3) is 0 Å². The number of aliphatic hydroxyl groups is 1. The van der Waals surface area contributed by atoms with Crippen molar-refractivity contribution in [3.63, 3.8) is 0 Å². The van der Waals surface area contributed by atoms with E-state index in [2.05, 4.69) is 33.6 Å². The van der Waals surface area contributed by atoms with Crippen LogP contribution in [-0.4, -0.2) is 82.4 Å². The maximum absolute atomic E-state index is 12.8. The molecule has 190 valence electrons. The van der Waals surface area contributed by atoms with Gasteiger partial charge in [-0.05, 0) is 32.1 Å². The Labute approximate surface area is 198 Å². The lowest BCUT2D eigenvalue weighted by Crippen LogP contribution is -2.58. The predicted octanol–water partition coefficient (Wildman–Crippen LogP) is -2.74. The van der Waals surface area contributed by atoms with Crippen molar-refractivity contribution in [2.45, 2.75) is 70.3 Å². The molecule has 0 aliphatic carbocycles. The van der Waals surface area contributed by atoms with Gasteiger partial charge in [-0.3, -0.25) is 19.4 Å². The zero-order chi connectivity index (χ0) is 25.7. The van der Waals surface area contributed by atoms with Crippen LogP contribution in [0.15, 0.2) is 4.99 Å². The van der Waals surface area contributed by atoms with Crippen molar-refractivity contribution in [2.75, 3.05) is 12.3 Å². The average Bonchev–Trinajstić information content (AvgIpc) is 2.71. The van der Waals surface area contributed by atoms with E-state index in [1.54, 1.807) is 0 Å². The number of nitrogens with zero attached hydrogens (tertiary/aromatic N) is 1. The van der Waals surface area contributed by atoms with Gasteiger partial charge in [0.2, 0.25) is 17.7 Å². The Bertz CT molecular complexity index is 700. The average molecular weight is 492 g/mol. The molecule has 33 heavy (non-hydrogen) atoms. The molecule has 0 saturated heterocycles. The number of carboxylic acid groups (broad SMARTS) is 1. The number of aliphatic carboxylic acids is 1. The lowest BCUT2D eigenvalue weighted by Gasteiger charge is -2.25. The summed E-state index contributed by atoms with van der Waals surface area (Å²) in [4.78, 5) is 52.9. The van der Waals surface area contributed by atoms with Crippen LogP contribution in [0.1, 0.15) is 40.0 Å². The van der Waals surface area contributed by atoms with Gasteiger partial charge in [0.1, 0.15) is 24.2 Å². The third kappa shape index (κ3) is 12.3. The van der Waals surface area contributed by atoms with Gasteiger partial charge >= 0.3 is 5.97 Å². The van der Waals surface area contributed by atoms with Crippen LogP contribution in [0.4, 0.5) is 0 Å². The third-order valence-electron chi connectivity index (χ3n) is 4.54. The quantitative estimate of drug-likeness (QED) is 0.0499. The summed E-state index contributed by atoms with van der Waals surface area (Å²) in [5.74, 6) is -3.64. The number of nitrogens with two attached hydrogens (primary N) is 3. The summed E-state index contributed by atoms with van der Waals surface area (Å²) >= 11 is 4.05. The molecule has 0 radical (unpaired) electrons. The van der Waals surface area contributed by atoms with Gasteiger partial charge in [-0.25, -0.2) is 4.79 Å². The second kappa shape index (κ2) is 15.3. The minimum absolute atomic E-state index is 0.00297. The highest BCUT2D eigenvalue weighted by molar-refractivity contribution is 7.80. The fourth-order valence-electron chi connectivity index (χ4n) is 2.69. The van der Waals surface area contributed by atoms with E-state index in [4.69, 9.17) is 17.2 Å². The number of nitrogens with one attached hydrogen (secondary N) is 3. The second-order valence-corrected chi connectivity index (χ2v) is 8.41. The molecule has 0 aliphatic rings. The van der Waals surface area contributed by atoms with Crippen LogP contribution in [0.3, 0.4) is 0 Å². The molecule has 0 aromatic rings. The van der Waals surface area contributed by atoms with Gasteiger partial charge in [0.15, 0.2) is 5.96 Å². The summed E-state index contributed by atoms with van der Waals surface area (Å²) in [6, 6.07) is -4.67. The van der Waals surface area contributed by atoms with E-state index in [0.717, 1.165) is 0 Å². The van der Waals surface area contributed by atoms with E-state index in [-0.39, 0.29) is 37.0 Å². The lowest BCUT2D eigenvalue weighted by molar-refractivity contribution is -0.142. The molecule has 0 saturated carbocycles. The van der Waals surface area contributed by atoms with Crippen LogP contribution in [-0.2, 0) is 19.2 Å². The minimum atomic E-state index is -1.26. The van der Waals surface area contributed by atoms with E-state index < -0.39 is 54.0 Å². The molecular formula is C19H37N7O6S. The number of rotatable bonds is 15. The van der Waals surface area contributed by atoms with Crippen molar-refractivity contribution in [3.05, 3.63) is 0 Å². The Balaban J connectivity index is 5.42. The minimum Gasteiger partial charge on any atom is -0.480 e. The van der Waals surface area contributed by atoms with Crippen molar-refractivity contribution in [1.82, 2.24) is 16.0 Å². The van der Waals surface area contributed by atoms with Crippen LogP contribution in [0, 0.1) is 5.92 Å². The molecule has 0 spiro atoms. The standard InChI is InChI=1S/C19H37N7O6S/c1-9(2)7-12(18(31)32)25-15(28)11(5-4-6-23-19(21)22)24-16(29)13(8-33)26-17(30)14(20)10(3)27/h9-14,27,33H,4-8,20H2,1-3H3,(H,24,29)(H,25,28)(H,26,30)(H,31,32)(H4,21,22,23). The number of carbonyl (C=O) groups excluding carboxylic acids is 3. The monoisotopic (exact) mass is 491 g/mol. The first-order valence-corrected chi connectivity index (χ1v) is 11.2. The van der Waals surface area contributed by atoms with Gasteiger partial charge < -0.3 is 43.4 Å². The molecule has 13 nitrogen and oxygen atoms in total. The number of thiol groups is 1. The van der Waals surface area contributed by atoms with Crippen molar-refractivity contribution in [3.8, 4) is 0 Å². The fraction of sp³-hybridized carbons (Fsp3) is 0.737. The normalized spacial score (nSPS) is 15.5. The number of hydrogen-bond acceptors (Lipinski definition) is 8. The number of carboxylic acids is 1. The number of carbonyl (C=O) groups is 4. The molecule has 5 unspecified atom stereocenters. The number of aliphatic hydroxyl groups excluding tert-OH is 1. The Hall–Kier alpha value is -2.58. The summed E-state index contributed by atoms with van der Waals surface area (Å²) in [7, 11) is 0. The van der Waals surface area contributed by atoms with E-state index in [1.165, 1.54) is 6.92 Å². The Morgan fingerprint density at radius 3 is 1.91 bits per heavy atom. The smallest absolute Gasteiger partial charge is 0.326 e. The predicted molar refractivity (Wildman–Crippen MR) is 126 cm³/mol.